The van der Waals surface area contributed by atoms with Gasteiger partial charge in [0, 0.05) is 11.4 Å². The summed E-state index contributed by atoms with van der Waals surface area (Å²) < 4.78 is 35.5. The monoisotopic (exact) mass is 243 g/mol. The summed E-state index contributed by atoms with van der Waals surface area (Å²) in [6, 6.07) is -0.144. The normalized spacial score (nSPS) is 27.5. The zero-order valence-corrected chi connectivity index (χ0v) is 8.87. The molecular weight excluding hydrogens is 231 g/mol. The summed E-state index contributed by atoms with van der Waals surface area (Å²) in [5.74, 6) is -0.944. The van der Waals surface area contributed by atoms with E-state index in [1.54, 1.807) is 0 Å². The van der Waals surface area contributed by atoms with Crippen LogP contribution in [-0.4, -0.2) is 23.5 Å². The van der Waals surface area contributed by atoms with Gasteiger partial charge in [0.25, 0.3) is 0 Å². The van der Waals surface area contributed by atoms with Gasteiger partial charge in [-0.3, -0.25) is 4.79 Å². The molecule has 0 unspecified atom stereocenters. The van der Waals surface area contributed by atoms with Crippen LogP contribution in [0.2, 0.25) is 0 Å². The van der Waals surface area contributed by atoms with Gasteiger partial charge in [0.05, 0.1) is 0 Å². The van der Waals surface area contributed by atoms with Gasteiger partial charge in [0.2, 0.25) is 5.91 Å². The third-order valence-corrected chi connectivity index (χ3v) is 2.82. The van der Waals surface area contributed by atoms with Crippen LogP contribution in [0, 0.1) is 0 Å². The molecule has 1 rings (SSSR count). The Hall–Kier alpha value is -0.450. The molecule has 0 heterocycles. The topological polar surface area (TPSA) is 29.1 Å². The van der Waals surface area contributed by atoms with Crippen molar-refractivity contribution in [3.8, 4) is 0 Å². The highest BCUT2D eigenvalue weighted by Crippen LogP contribution is 2.24. The van der Waals surface area contributed by atoms with Crippen LogP contribution >= 0.6 is 11.6 Å². The first-order chi connectivity index (χ1) is 6.87. The third-order valence-electron chi connectivity index (χ3n) is 2.38. The Morgan fingerprint density at radius 1 is 1.27 bits per heavy atom. The molecule has 0 radical (unpaired) electrons. The summed E-state index contributed by atoms with van der Waals surface area (Å²) >= 11 is 5.83. The van der Waals surface area contributed by atoms with Crippen molar-refractivity contribution in [3.05, 3.63) is 0 Å². The van der Waals surface area contributed by atoms with Crippen molar-refractivity contribution in [2.75, 3.05) is 0 Å². The first-order valence-corrected chi connectivity index (χ1v) is 5.30. The van der Waals surface area contributed by atoms with E-state index in [9.17, 15) is 18.0 Å². The zero-order valence-electron chi connectivity index (χ0n) is 8.11. The number of rotatable bonds is 2. The summed E-state index contributed by atoms with van der Waals surface area (Å²) in [7, 11) is 0. The Balaban J connectivity index is 2.27. The van der Waals surface area contributed by atoms with Gasteiger partial charge in [-0.05, 0) is 25.7 Å². The minimum absolute atomic E-state index is 0.0979. The van der Waals surface area contributed by atoms with E-state index < -0.39 is 18.5 Å². The molecule has 0 aromatic carbocycles. The van der Waals surface area contributed by atoms with Crippen molar-refractivity contribution in [2.24, 2.45) is 0 Å². The molecule has 0 aliphatic heterocycles. The molecule has 1 aliphatic carbocycles. The molecule has 1 amide bonds. The van der Waals surface area contributed by atoms with Crippen molar-refractivity contribution in [1.82, 2.24) is 5.32 Å². The smallest absolute Gasteiger partial charge is 0.353 e. The minimum atomic E-state index is -4.42. The van der Waals surface area contributed by atoms with E-state index in [0.717, 1.165) is 12.8 Å². The number of hydrogen-bond donors (Lipinski definition) is 1. The van der Waals surface area contributed by atoms with Crippen LogP contribution in [0.4, 0.5) is 13.2 Å². The second kappa shape index (κ2) is 5.05. The standard InChI is InChI=1S/C9H13ClF3NO/c10-6-1-3-7(4-2-6)14-8(15)5-9(11,12)13/h6-7H,1-5H2,(H,14,15). The summed E-state index contributed by atoms with van der Waals surface area (Å²) in [6.07, 6.45) is -2.99. The molecule has 2 nitrogen and oxygen atoms in total. The van der Waals surface area contributed by atoms with Crippen LogP contribution < -0.4 is 5.32 Å². The number of alkyl halides is 4. The second-order valence-electron chi connectivity index (χ2n) is 3.81. The molecule has 0 saturated heterocycles. The van der Waals surface area contributed by atoms with Crippen LogP contribution in [0.25, 0.3) is 0 Å². The molecule has 0 bridgehead atoms. The second-order valence-corrected chi connectivity index (χ2v) is 4.43. The average molecular weight is 244 g/mol. The molecule has 1 N–H and O–H groups in total. The van der Waals surface area contributed by atoms with E-state index in [1.807, 2.05) is 0 Å². The lowest BCUT2D eigenvalue weighted by Crippen LogP contribution is -2.39. The molecule has 0 aromatic rings. The maximum atomic E-state index is 11.8. The van der Waals surface area contributed by atoms with Crippen molar-refractivity contribution >= 4 is 17.5 Å². The largest absolute Gasteiger partial charge is 0.397 e. The third kappa shape index (κ3) is 5.25. The van der Waals surface area contributed by atoms with Crippen LogP contribution in [0.5, 0.6) is 0 Å². The molecule has 15 heavy (non-hydrogen) atoms. The number of halogens is 4. The summed E-state index contributed by atoms with van der Waals surface area (Å²) in [4.78, 5) is 10.9. The molecule has 88 valence electrons. The molecule has 1 saturated carbocycles. The van der Waals surface area contributed by atoms with Crippen molar-refractivity contribution < 1.29 is 18.0 Å². The fourth-order valence-corrected chi connectivity index (χ4v) is 1.91. The van der Waals surface area contributed by atoms with Gasteiger partial charge in [-0.1, -0.05) is 0 Å². The fraction of sp³-hybridized carbons (Fsp3) is 0.889. The highest BCUT2D eigenvalue weighted by molar-refractivity contribution is 6.20. The van der Waals surface area contributed by atoms with Crippen LogP contribution in [0.15, 0.2) is 0 Å². The van der Waals surface area contributed by atoms with E-state index in [1.165, 1.54) is 0 Å². The Morgan fingerprint density at radius 2 is 1.80 bits per heavy atom. The number of nitrogens with one attached hydrogen (secondary N) is 1. The molecule has 1 aliphatic rings. The van der Waals surface area contributed by atoms with E-state index in [2.05, 4.69) is 5.32 Å². The lowest BCUT2D eigenvalue weighted by atomic mass is 9.95. The fourth-order valence-electron chi connectivity index (χ4n) is 1.66. The maximum Gasteiger partial charge on any atom is 0.397 e. The highest BCUT2D eigenvalue weighted by Gasteiger charge is 2.32. The van der Waals surface area contributed by atoms with Gasteiger partial charge >= 0.3 is 6.18 Å². The lowest BCUT2D eigenvalue weighted by molar-refractivity contribution is -0.154. The lowest BCUT2D eigenvalue weighted by Gasteiger charge is -2.25. The maximum absolute atomic E-state index is 11.8. The highest BCUT2D eigenvalue weighted by atomic mass is 35.5. The van der Waals surface area contributed by atoms with Crippen LogP contribution in [0.1, 0.15) is 32.1 Å². The summed E-state index contributed by atoms with van der Waals surface area (Å²) in [5, 5.41) is 2.48. The first-order valence-electron chi connectivity index (χ1n) is 4.87. The van der Waals surface area contributed by atoms with Gasteiger partial charge < -0.3 is 5.32 Å². The van der Waals surface area contributed by atoms with E-state index in [0.29, 0.717) is 12.8 Å². The molecule has 0 aromatic heterocycles. The number of carbonyl (C=O) groups excluding carboxylic acids is 1. The Kier molecular flexibility index (Phi) is 4.25. The van der Waals surface area contributed by atoms with E-state index in [4.69, 9.17) is 11.6 Å². The van der Waals surface area contributed by atoms with Gasteiger partial charge in [-0.25, -0.2) is 0 Å². The molecule has 0 spiro atoms. The van der Waals surface area contributed by atoms with Gasteiger partial charge in [0.1, 0.15) is 6.42 Å². The van der Waals surface area contributed by atoms with Crippen molar-refractivity contribution in [2.45, 2.75) is 49.7 Å². The Bertz CT molecular complexity index is 224. The van der Waals surface area contributed by atoms with E-state index in [-0.39, 0.29) is 11.4 Å². The molecule has 1 fully saturated rings. The number of hydrogen-bond acceptors (Lipinski definition) is 1. The van der Waals surface area contributed by atoms with Gasteiger partial charge in [-0.15, -0.1) is 11.6 Å². The molecule has 6 heteroatoms. The number of amides is 1. The molecule has 0 atom stereocenters. The number of carbonyl (C=O) groups is 1. The predicted octanol–water partition coefficient (Wildman–Crippen LogP) is 2.61. The summed E-state index contributed by atoms with van der Waals surface area (Å²) in [6.45, 7) is 0. The van der Waals surface area contributed by atoms with Gasteiger partial charge in [0.15, 0.2) is 0 Å². The van der Waals surface area contributed by atoms with Crippen LogP contribution in [-0.2, 0) is 4.79 Å². The predicted molar refractivity (Wildman–Crippen MR) is 50.7 cm³/mol. The zero-order chi connectivity index (χ0) is 11.5. The quantitative estimate of drug-likeness (QED) is 0.742. The molecular formula is C9H13ClF3NO. The Morgan fingerprint density at radius 3 is 2.27 bits per heavy atom. The van der Waals surface area contributed by atoms with E-state index >= 15 is 0 Å². The van der Waals surface area contributed by atoms with Crippen molar-refractivity contribution in [1.29, 1.82) is 0 Å². The minimum Gasteiger partial charge on any atom is -0.353 e. The van der Waals surface area contributed by atoms with Crippen LogP contribution in [0.3, 0.4) is 0 Å². The van der Waals surface area contributed by atoms with Crippen molar-refractivity contribution in [3.63, 3.8) is 0 Å². The summed E-state index contributed by atoms with van der Waals surface area (Å²) in [5.41, 5.74) is 0. The van der Waals surface area contributed by atoms with Gasteiger partial charge in [-0.2, -0.15) is 13.2 Å². The Labute approximate surface area is 91.2 Å². The average Bonchev–Trinajstić information content (AvgIpc) is 2.05. The first kappa shape index (κ1) is 12.6. The SMILES string of the molecule is O=C(CC(F)(F)F)NC1CCC(Cl)CC1.